The molecule has 1 saturated heterocycles. The van der Waals surface area contributed by atoms with Gasteiger partial charge in [-0.3, -0.25) is 4.79 Å². The summed E-state index contributed by atoms with van der Waals surface area (Å²) in [5.41, 5.74) is 4.94. The highest BCUT2D eigenvalue weighted by atomic mass is 127. The summed E-state index contributed by atoms with van der Waals surface area (Å²) < 4.78 is 0. The van der Waals surface area contributed by atoms with Crippen molar-refractivity contribution in [2.24, 2.45) is 4.99 Å². The highest BCUT2D eigenvalue weighted by Crippen LogP contribution is 2.22. The number of amides is 1. The van der Waals surface area contributed by atoms with Gasteiger partial charge in [-0.25, -0.2) is 4.99 Å². The molecule has 0 atom stereocenters. The van der Waals surface area contributed by atoms with E-state index in [2.05, 4.69) is 58.7 Å². The van der Waals surface area contributed by atoms with E-state index in [9.17, 15) is 4.79 Å². The van der Waals surface area contributed by atoms with Crippen molar-refractivity contribution in [3.05, 3.63) is 41.5 Å². The Kier molecular flexibility index (Phi) is 9.78. The summed E-state index contributed by atoms with van der Waals surface area (Å²) in [7, 11) is 3.50. The van der Waals surface area contributed by atoms with Crippen molar-refractivity contribution in [2.45, 2.75) is 20.8 Å². The molecule has 0 aromatic heterocycles. The number of aliphatic imine (C=N–C) groups is 1. The van der Waals surface area contributed by atoms with Gasteiger partial charge in [0, 0.05) is 52.5 Å². The Balaban J connectivity index is 0.00000392. The highest BCUT2D eigenvalue weighted by Gasteiger charge is 2.21. The summed E-state index contributed by atoms with van der Waals surface area (Å²) in [6.45, 7) is 14.6. The van der Waals surface area contributed by atoms with Crippen LogP contribution in [0.5, 0.6) is 0 Å². The number of benzene rings is 1. The number of likely N-dealkylation sites (N-methyl/N-ethyl adjacent to an activating group) is 1. The lowest BCUT2D eigenvalue weighted by molar-refractivity contribution is -0.127. The van der Waals surface area contributed by atoms with E-state index in [1.807, 2.05) is 6.92 Å². The van der Waals surface area contributed by atoms with Crippen LogP contribution >= 0.6 is 24.0 Å². The number of nitrogens with zero attached hydrogens (tertiary/aromatic N) is 4. The molecule has 1 aliphatic rings. The fraction of sp³-hybridized carbons (Fsp3) is 0.524. The van der Waals surface area contributed by atoms with Crippen LogP contribution in [0.1, 0.15) is 18.1 Å². The Hall–Kier alpha value is -1.77. The number of hydrogen-bond acceptors (Lipinski definition) is 3. The van der Waals surface area contributed by atoms with E-state index in [-0.39, 0.29) is 36.4 Å². The van der Waals surface area contributed by atoms with Gasteiger partial charge in [0.2, 0.25) is 5.91 Å². The maximum absolute atomic E-state index is 11.9. The van der Waals surface area contributed by atoms with Gasteiger partial charge < -0.3 is 20.0 Å². The minimum atomic E-state index is -0.00125. The number of hydrogen-bond donors (Lipinski definition) is 1. The van der Waals surface area contributed by atoms with Crippen molar-refractivity contribution in [1.29, 1.82) is 0 Å². The zero-order chi connectivity index (χ0) is 20.0. The molecule has 0 saturated carbocycles. The summed E-state index contributed by atoms with van der Waals surface area (Å²) in [4.78, 5) is 22.7. The summed E-state index contributed by atoms with van der Waals surface area (Å²) in [6.07, 6.45) is 0. The first-order chi connectivity index (χ1) is 12.8. The largest absolute Gasteiger partial charge is 0.368 e. The quantitative estimate of drug-likeness (QED) is 0.293. The number of rotatable bonds is 5. The van der Waals surface area contributed by atoms with Gasteiger partial charge in [0.25, 0.3) is 0 Å². The molecule has 0 bridgehead atoms. The number of anilines is 1. The lowest BCUT2D eigenvalue weighted by Gasteiger charge is -2.38. The number of piperazine rings is 1. The van der Waals surface area contributed by atoms with Crippen LogP contribution in [-0.4, -0.2) is 75.0 Å². The molecule has 1 N–H and O–H groups in total. The number of carbonyl (C=O) groups is 1. The molecule has 0 spiro atoms. The molecule has 2 rings (SSSR count). The first kappa shape index (κ1) is 24.3. The third kappa shape index (κ3) is 7.00. The molecule has 1 fully saturated rings. The van der Waals surface area contributed by atoms with Crippen molar-refractivity contribution in [1.82, 2.24) is 15.1 Å². The van der Waals surface area contributed by atoms with Crippen molar-refractivity contribution in [3.8, 4) is 0 Å². The number of guanidine groups is 1. The molecule has 0 radical (unpaired) electrons. The molecule has 1 aliphatic heterocycles. The van der Waals surface area contributed by atoms with Gasteiger partial charge in [0.05, 0.1) is 0 Å². The predicted octanol–water partition coefficient (Wildman–Crippen LogP) is 2.65. The van der Waals surface area contributed by atoms with Crippen molar-refractivity contribution >= 4 is 41.5 Å². The second-order valence-corrected chi connectivity index (χ2v) is 7.50. The van der Waals surface area contributed by atoms with Crippen molar-refractivity contribution in [3.63, 3.8) is 0 Å². The minimum Gasteiger partial charge on any atom is -0.368 e. The molecule has 28 heavy (non-hydrogen) atoms. The number of halogens is 1. The molecule has 0 aliphatic carbocycles. The maximum atomic E-state index is 11.9. The van der Waals surface area contributed by atoms with Crippen LogP contribution < -0.4 is 10.2 Å². The Morgan fingerprint density at radius 3 is 2.43 bits per heavy atom. The van der Waals surface area contributed by atoms with Crippen molar-refractivity contribution in [2.75, 3.05) is 58.3 Å². The topological polar surface area (TPSA) is 51.2 Å². The first-order valence-electron chi connectivity index (χ1n) is 9.48. The number of nitrogens with one attached hydrogen (secondary N) is 1. The van der Waals surface area contributed by atoms with E-state index < -0.39 is 0 Å². The summed E-state index contributed by atoms with van der Waals surface area (Å²) in [5.74, 6) is 0.785. The fourth-order valence-electron chi connectivity index (χ4n) is 3.00. The van der Waals surface area contributed by atoms with E-state index >= 15 is 0 Å². The van der Waals surface area contributed by atoms with Crippen LogP contribution in [0, 0.1) is 13.8 Å². The van der Waals surface area contributed by atoms with E-state index in [0.29, 0.717) is 6.54 Å². The van der Waals surface area contributed by atoms with E-state index in [4.69, 9.17) is 0 Å². The summed E-state index contributed by atoms with van der Waals surface area (Å²) in [5, 5.41) is 3.35. The Morgan fingerprint density at radius 2 is 1.86 bits per heavy atom. The molecular weight excluding hydrogens is 465 g/mol. The normalized spacial score (nSPS) is 14.4. The Morgan fingerprint density at radius 1 is 1.21 bits per heavy atom. The molecule has 1 amide bonds. The first-order valence-corrected chi connectivity index (χ1v) is 9.48. The van der Waals surface area contributed by atoms with Gasteiger partial charge in [-0.1, -0.05) is 24.3 Å². The SMILES string of the molecule is C=C(C)CNC(=NCC(=O)N(C)C)N1CCN(c2cc(C)ccc2C)CC1.I. The van der Waals surface area contributed by atoms with Crippen LogP contribution in [0.25, 0.3) is 0 Å². The summed E-state index contributed by atoms with van der Waals surface area (Å²) >= 11 is 0. The molecule has 1 aromatic carbocycles. The zero-order valence-electron chi connectivity index (χ0n) is 17.8. The van der Waals surface area contributed by atoms with E-state index in [0.717, 1.165) is 37.7 Å². The van der Waals surface area contributed by atoms with Crippen LogP contribution in [-0.2, 0) is 4.79 Å². The molecule has 7 heteroatoms. The van der Waals surface area contributed by atoms with Gasteiger partial charge in [0.15, 0.2) is 5.96 Å². The average molecular weight is 499 g/mol. The van der Waals surface area contributed by atoms with E-state index in [1.54, 1.807) is 19.0 Å². The third-order valence-electron chi connectivity index (χ3n) is 4.70. The fourth-order valence-corrected chi connectivity index (χ4v) is 3.00. The standard InChI is InChI=1S/C21H33N5O.HI/c1-16(2)14-22-21(23-15-20(27)24(5)6)26-11-9-25(10-12-26)19-13-17(3)7-8-18(19)4;/h7-8,13H,1,9-12,14-15H2,2-6H3,(H,22,23);1H. The van der Waals surface area contributed by atoms with Crippen LogP contribution in [0.3, 0.4) is 0 Å². The minimum absolute atomic E-state index is 0. The second-order valence-electron chi connectivity index (χ2n) is 7.50. The third-order valence-corrected chi connectivity index (χ3v) is 4.70. The zero-order valence-corrected chi connectivity index (χ0v) is 20.1. The van der Waals surface area contributed by atoms with Crippen LogP contribution in [0.4, 0.5) is 5.69 Å². The van der Waals surface area contributed by atoms with Crippen molar-refractivity contribution < 1.29 is 4.79 Å². The second kappa shape index (κ2) is 11.3. The predicted molar refractivity (Wildman–Crippen MR) is 129 cm³/mol. The van der Waals surface area contributed by atoms with Gasteiger partial charge >= 0.3 is 0 Å². The van der Waals surface area contributed by atoms with E-state index in [1.165, 1.54) is 16.8 Å². The van der Waals surface area contributed by atoms with Gasteiger partial charge in [-0.2, -0.15) is 0 Å². The molecule has 0 unspecified atom stereocenters. The van der Waals surface area contributed by atoms with Gasteiger partial charge in [0.1, 0.15) is 6.54 Å². The number of carbonyl (C=O) groups excluding carboxylic acids is 1. The Labute approximate surface area is 186 Å². The van der Waals surface area contributed by atoms with Gasteiger partial charge in [-0.05, 0) is 38.0 Å². The average Bonchev–Trinajstić information content (AvgIpc) is 2.63. The molecule has 1 heterocycles. The lowest BCUT2D eigenvalue weighted by atomic mass is 10.1. The molecule has 1 aromatic rings. The Bertz CT molecular complexity index is 709. The van der Waals surface area contributed by atoms with Crippen LogP contribution in [0.15, 0.2) is 35.3 Å². The number of aryl methyl sites for hydroxylation is 2. The summed E-state index contributed by atoms with van der Waals surface area (Å²) in [6, 6.07) is 6.60. The smallest absolute Gasteiger partial charge is 0.243 e. The molecule has 156 valence electrons. The lowest BCUT2D eigenvalue weighted by Crippen LogP contribution is -2.53. The van der Waals surface area contributed by atoms with Gasteiger partial charge in [-0.15, -0.1) is 24.0 Å². The molecule has 6 nitrogen and oxygen atoms in total. The monoisotopic (exact) mass is 499 g/mol. The maximum Gasteiger partial charge on any atom is 0.243 e. The highest BCUT2D eigenvalue weighted by molar-refractivity contribution is 14.0. The van der Waals surface area contributed by atoms with Crippen LogP contribution in [0.2, 0.25) is 0 Å². The molecular formula is C21H34IN5O.